The van der Waals surface area contributed by atoms with Crippen molar-refractivity contribution in [2.24, 2.45) is 0 Å². The first-order valence-corrected chi connectivity index (χ1v) is 6.76. The van der Waals surface area contributed by atoms with Gasteiger partial charge in [-0.3, -0.25) is 10.1 Å². The van der Waals surface area contributed by atoms with Crippen LogP contribution in [0.4, 0.5) is 15.8 Å². The maximum atomic E-state index is 13.1. The van der Waals surface area contributed by atoms with Crippen LogP contribution in [-0.2, 0) is 6.54 Å². The van der Waals surface area contributed by atoms with Gasteiger partial charge in [0.2, 0.25) is 0 Å². The zero-order valence-corrected chi connectivity index (χ0v) is 12.4. The summed E-state index contributed by atoms with van der Waals surface area (Å²) in [6.45, 7) is 0.332. The van der Waals surface area contributed by atoms with E-state index in [1.165, 1.54) is 24.3 Å². The minimum atomic E-state index is -0.508. The average Bonchev–Trinajstić information content (AvgIpc) is 2.40. The molecule has 0 saturated carbocycles. The van der Waals surface area contributed by atoms with E-state index in [1.807, 2.05) is 0 Å². The molecule has 0 radical (unpaired) electrons. The Morgan fingerprint density at radius 1 is 1.30 bits per heavy atom. The number of nitro benzene ring substituents is 1. The zero-order valence-electron chi connectivity index (χ0n) is 10.1. The molecule has 1 N–H and O–H groups in total. The standard InChI is InChI=1S/C13H9BrClFN2O2/c14-11-4-2-9(16)5-13(11)17-7-8-1-3-10(18(19)20)6-12(8)15/h1-6,17H,7H2. The first-order valence-electron chi connectivity index (χ1n) is 5.59. The molecule has 4 nitrogen and oxygen atoms in total. The van der Waals surface area contributed by atoms with Crippen LogP contribution in [-0.4, -0.2) is 4.92 Å². The quantitative estimate of drug-likeness (QED) is 0.632. The van der Waals surface area contributed by atoms with Crippen molar-refractivity contribution in [3.63, 3.8) is 0 Å². The highest BCUT2D eigenvalue weighted by atomic mass is 79.9. The number of benzene rings is 2. The highest BCUT2D eigenvalue weighted by Gasteiger charge is 2.10. The van der Waals surface area contributed by atoms with E-state index in [0.29, 0.717) is 22.8 Å². The number of hydrogen-bond acceptors (Lipinski definition) is 3. The predicted molar refractivity (Wildman–Crippen MR) is 79.5 cm³/mol. The van der Waals surface area contributed by atoms with Gasteiger partial charge in [0.15, 0.2) is 0 Å². The van der Waals surface area contributed by atoms with E-state index in [2.05, 4.69) is 21.2 Å². The Hall–Kier alpha value is -1.66. The van der Waals surface area contributed by atoms with Crippen LogP contribution in [0.15, 0.2) is 40.9 Å². The Balaban J connectivity index is 2.15. The summed E-state index contributed by atoms with van der Waals surface area (Å²) < 4.78 is 13.9. The molecule has 2 aromatic rings. The molecule has 0 atom stereocenters. The lowest BCUT2D eigenvalue weighted by atomic mass is 10.2. The number of rotatable bonds is 4. The van der Waals surface area contributed by atoms with Gasteiger partial charge in [0, 0.05) is 23.2 Å². The number of nitro groups is 1. The molecule has 0 aliphatic heterocycles. The SMILES string of the molecule is O=[N+]([O-])c1ccc(CNc2cc(F)ccc2Br)c(Cl)c1. The number of anilines is 1. The maximum absolute atomic E-state index is 13.1. The van der Waals surface area contributed by atoms with Gasteiger partial charge in [-0.1, -0.05) is 11.6 Å². The molecule has 0 saturated heterocycles. The van der Waals surface area contributed by atoms with Crippen molar-refractivity contribution in [1.82, 2.24) is 0 Å². The number of non-ortho nitro benzene ring substituents is 1. The molecule has 2 aromatic carbocycles. The normalized spacial score (nSPS) is 10.3. The Kier molecular flexibility index (Phi) is 4.57. The van der Waals surface area contributed by atoms with Crippen molar-refractivity contribution in [1.29, 1.82) is 0 Å². The Morgan fingerprint density at radius 2 is 2.05 bits per heavy atom. The predicted octanol–water partition coefficient (Wildman–Crippen LogP) is 4.76. The molecule has 0 fully saturated rings. The summed E-state index contributed by atoms with van der Waals surface area (Å²) in [5.74, 6) is -0.356. The van der Waals surface area contributed by atoms with Crippen LogP contribution < -0.4 is 5.32 Å². The third-order valence-electron chi connectivity index (χ3n) is 2.65. The summed E-state index contributed by atoms with van der Waals surface area (Å²) in [4.78, 5) is 10.1. The Morgan fingerprint density at radius 3 is 2.70 bits per heavy atom. The summed E-state index contributed by atoms with van der Waals surface area (Å²) in [6, 6.07) is 8.52. The smallest absolute Gasteiger partial charge is 0.270 e. The molecule has 0 aliphatic rings. The minimum Gasteiger partial charge on any atom is -0.380 e. The minimum absolute atomic E-state index is 0.0642. The van der Waals surface area contributed by atoms with Crippen LogP contribution in [0.5, 0.6) is 0 Å². The molecular formula is C13H9BrClFN2O2. The first-order chi connectivity index (χ1) is 9.47. The molecule has 0 heterocycles. The lowest BCUT2D eigenvalue weighted by molar-refractivity contribution is -0.384. The highest BCUT2D eigenvalue weighted by Crippen LogP contribution is 2.26. The van der Waals surface area contributed by atoms with Crippen LogP contribution in [0, 0.1) is 15.9 Å². The lowest BCUT2D eigenvalue weighted by Gasteiger charge is -2.10. The molecule has 104 valence electrons. The van der Waals surface area contributed by atoms with Gasteiger partial charge in [0.05, 0.1) is 15.6 Å². The number of nitrogens with one attached hydrogen (secondary N) is 1. The first kappa shape index (κ1) is 14.7. The highest BCUT2D eigenvalue weighted by molar-refractivity contribution is 9.10. The van der Waals surface area contributed by atoms with Crippen LogP contribution in [0.2, 0.25) is 5.02 Å². The molecular weight excluding hydrogens is 351 g/mol. The van der Waals surface area contributed by atoms with Crippen LogP contribution >= 0.6 is 27.5 Å². The fourth-order valence-corrected chi connectivity index (χ4v) is 2.24. The van der Waals surface area contributed by atoms with Gasteiger partial charge in [-0.2, -0.15) is 0 Å². The largest absolute Gasteiger partial charge is 0.380 e. The zero-order chi connectivity index (χ0) is 14.7. The van der Waals surface area contributed by atoms with Gasteiger partial charge in [-0.15, -0.1) is 0 Å². The molecule has 0 aliphatic carbocycles. The second-order valence-corrected chi connectivity index (χ2v) is 5.27. The molecule has 2 rings (SSSR count). The summed E-state index contributed by atoms with van der Waals surface area (Å²) in [6.07, 6.45) is 0. The molecule has 0 unspecified atom stereocenters. The second-order valence-electron chi connectivity index (χ2n) is 4.01. The maximum Gasteiger partial charge on any atom is 0.270 e. The number of hydrogen-bond donors (Lipinski definition) is 1. The van der Waals surface area contributed by atoms with E-state index in [-0.39, 0.29) is 11.5 Å². The van der Waals surface area contributed by atoms with Crippen molar-refractivity contribution in [3.8, 4) is 0 Å². The average molecular weight is 360 g/mol. The van der Waals surface area contributed by atoms with E-state index in [1.54, 1.807) is 12.1 Å². The van der Waals surface area contributed by atoms with Gasteiger partial charge >= 0.3 is 0 Å². The third-order valence-corrected chi connectivity index (χ3v) is 3.69. The summed E-state index contributed by atoms with van der Waals surface area (Å²) in [5, 5.41) is 13.9. The van der Waals surface area contributed by atoms with E-state index in [4.69, 9.17) is 11.6 Å². The lowest BCUT2D eigenvalue weighted by Crippen LogP contribution is -2.01. The fraction of sp³-hybridized carbons (Fsp3) is 0.0769. The topological polar surface area (TPSA) is 55.2 Å². The van der Waals surface area contributed by atoms with Crippen LogP contribution in [0.1, 0.15) is 5.56 Å². The van der Waals surface area contributed by atoms with Gasteiger partial charge in [0.25, 0.3) is 5.69 Å². The van der Waals surface area contributed by atoms with Gasteiger partial charge in [-0.05, 0) is 45.8 Å². The van der Waals surface area contributed by atoms with Crippen molar-refractivity contribution in [3.05, 3.63) is 67.4 Å². The van der Waals surface area contributed by atoms with Gasteiger partial charge in [-0.25, -0.2) is 4.39 Å². The Labute approximate surface area is 127 Å². The summed E-state index contributed by atoms with van der Waals surface area (Å²) in [5.41, 5.74) is 1.21. The molecule has 0 spiro atoms. The molecule has 0 aromatic heterocycles. The Bertz CT molecular complexity index is 667. The van der Waals surface area contributed by atoms with E-state index in [0.717, 1.165) is 4.47 Å². The van der Waals surface area contributed by atoms with E-state index < -0.39 is 4.92 Å². The summed E-state index contributed by atoms with van der Waals surface area (Å²) in [7, 11) is 0. The molecule has 0 bridgehead atoms. The van der Waals surface area contributed by atoms with Crippen LogP contribution in [0.25, 0.3) is 0 Å². The van der Waals surface area contributed by atoms with Crippen LogP contribution in [0.3, 0.4) is 0 Å². The summed E-state index contributed by atoms with van der Waals surface area (Å²) >= 11 is 9.28. The van der Waals surface area contributed by atoms with Crippen molar-refractivity contribution < 1.29 is 9.31 Å². The molecule has 7 heteroatoms. The van der Waals surface area contributed by atoms with Crippen molar-refractivity contribution in [2.45, 2.75) is 6.54 Å². The second kappa shape index (κ2) is 6.19. The molecule has 0 amide bonds. The van der Waals surface area contributed by atoms with Gasteiger partial charge < -0.3 is 5.32 Å². The third kappa shape index (κ3) is 3.46. The van der Waals surface area contributed by atoms with E-state index >= 15 is 0 Å². The van der Waals surface area contributed by atoms with Crippen molar-refractivity contribution in [2.75, 3.05) is 5.32 Å². The number of nitrogens with zero attached hydrogens (tertiary/aromatic N) is 1. The van der Waals surface area contributed by atoms with Gasteiger partial charge in [0.1, 0.15) is 5.82 Å². The number of halogens is 3. The monoisotopic (exact) mass is 358 g/mol. The fourth-order valence-electron chi connectivity index (χ4n) is 1.62. The van der Waals surface area contributed by atoms with E-state index in [9.17, 15) is 14.5 Å². The van der Waals surface area contributed by atoms with Crippen molar-refractivity contribution >= 4 is 38.9 Å². The molecule has 20 heavy (non-hydrogen) atoms.